The summed E-state index contributed by atoms with van der Waals surface area (Å²) in [4.78, 5) is 0.355. The summed E-state index contributed by atoms with van der Waals surface area (Å²) in [6.07, 6.45) is 1.00. The Balaban J connectivity index is 1.93. The Morgan fingerprint density at radius 2 is 1.65 bits per heavy atom. The van der Waals surface area contributed by atoms with Gasteiger partial charge in [-0.2, -0.15) is 0 Å². The maximum absolute atomic E-state index is 3.84. The molecule has 1 unspecified atom stereocenters. The minimum atomic E-state index is 0.355. The van der Waals surface area contributed by atoms with E-state index < -0.39 is 0 Å². The molecule has 0 N–H and O–H groups in total. The van der Waals surface area contributed by atoms with E-state index in [4.69, 9.17) is 0 Å². The molecule has 0 saturated heterocycles. The van der Waals surface area contributed by atoms with Gasteiger partial charge in [0.1, 0.15) is 0 Å². The van der Waals surface area contributed by atoms with Gasteiger partial charge in [-0.15, -0.1) is 0 Å². The minimum Gasteiger partial charge on any atom is -0.0835 e. The molecule has 0 aliphatic rings. The highest BCUT2D eigenvalue weighted by Crippen LogP contribution is 2.30. The molecule has 0 aliphatic carbocycles. The van der Waals surface area contributed by atoms with Gasteiger partial charge in [-0.3, -0.25) is 0 Å². The first-order chi connectivity index (χ1) is 9.74. The fourth-order valence-corrected chi connectivity index (χ4v) is 3.28. The predicted molar refractivity (Wildman–Crippen MR) is 90.5 cm³/mol. The standard InChI is InChI=1S/C19H17Br/c1-14-6-4-10-17(12-14)19(20)13-16-9-5-8-15-7-2-3-11-18(15)16/h2-12,19H,13H2,1H3. The van der Waals surface area contributed by atoms with Crippen LogP contribution in [0.3, 0.4) is 0 Å². The number of halogens is 1. The molecule has 3 rings (SSSR count). The molecule has 20 heavy (non-hydrogen) atoms. The first-order valence-electron chi connectivity index (χ1n) is 6.91. The molecular formula is C19H17Br. The second-order valence-electron chi connectivity index (χ2n) is 5.22. The Morgan fingerprint density at radius 3 is 2.50 bits per heavy atom. The van der Waals surface area contributed by atoms with Gasteiger partial charge in [-0.1, -0.05) is 88.2 Å². The number of hydrogen-bond acceptors (Lipinski definition) is 0. The molecule has 0 bridgehead atoms. The highest BCUT2D eigenvalue weighted by atomic mass is 79.9. The number of hydrogen-bond donors (Lipinski definition) is 0. The topological polar surface area (TPSA) is 0 Å². The lowest BCUT2D eigenvalue weighted by Gasteiger charge is -2.13. The number of rotatable bonds is 3. The number of fused-ring (bicyclic) bond motifs is 1. The van der Waals surface area contributed by atoms with Crippen LogP contribution in [0.5, 0.6) is 0 Å². The maximum Gasteiger partial charge on any atom is 0.0435 e. The number of aryl methyl sites for hydroxylation is 1. The van der Waals surface area contributed by atoms with E-state index in [2.05, 4.69) is 89.6 Å². The quantitative estimate of drug-likeness (QED) is 0.532. The Labute approximate surface area is 128 Å². The van der Waals surface area contributed by atoms with Crippen molar-refractivity contribution in [3.8, 4) is 0 Å². The van der Waals surface area contributed by atoms with E-state index in [1.807, 2.05) is 0 Å². The van der Waals surface area contributed by atoms with Crippen LogP contribution >= 0.6 is 15.9 Å². The van der Waals surface area contributed by atoms with E-state index in [0.717, 1.165) is 6.42 Å². The third kappa shape index (κ3) is 2.78. The van der Waals surface area contributed by atoms with E-state index >= 15 is 0 Å². The molecule has 0 fully saturated rings. The molecule has 1 heteroatoms. The predicted octanol–water partition coefficient (Wildman–Crippen LogP) is 5.83. The molecule has 0 radical (unpaired) electrons. The Hall–Kier alpha value is -1.60. The van der Waals surface area contributed by atoms with E-state index in [1.54, 1.807) is 0 Å². The Kier molecular flexibility index (Phi) is 3.88. The van der Waals surface area contributed by atoms with Gasteiger partial charge in [0.05, 0.1) is 0 Å². The molecule has 0 heterocycles. The van der Waals surface area contributed by atoms with Gasteiger partial charge >= 0.3 is 0 Å². The van der Waals surface area contributed by atoms with Crippen LogP contribution in [0, 0.1) is 6.92 Å². The zero-order valence-corrected chi connectivity index (χ0v) is 13.1. The molecule has 3 aromatic carbocycles. The number of alkyl halides is 1. The monoisotopic (exact) mass is 324 g/mol. The van der Waals surface area contributed by atoms with Gasteiger partial charge in [-0.25, -0.2) is 0 Å². The van der Waals surface area contributed by atoms with Crippen molar-refractivity contribution >= 4 is 26.7 Å². The number of benzene rings is 3. The summed E-state index contributed by atoms with van der Waals surface area (Å²) in [5.74, 6) is 0. The summed E-state index contributed by atoms with van der Waals surface area (Å²) in [5.41, 5.74) is 4.05. The van der Waals surface area contributed by atoms with Crippen LogP contribution in [0.15, 0.2) is 66.7 Å². The highest BCUT2D eigenvalue weighted by molar-refractivity contribution is 9.09. The summed E-state index contributed by atoms with van der Waals surface area (Å²) in [5, 5.41) is 2.67. The van der Waals surface area contributed by atoms with Crippen LogP contribution in [-0.4, -0.2) is 0 Å². The second-order valence-corrected chi connectivity index (χ2v) is 6.33. The van der Waals surface area contributed by atoms with Crippen molar-refractivity contribution in [3.05, 3.63) is 83.4 Å². The van der Waals surface area contributed by atoms with Crippen molar-refractivity contribution in [3.63, 3.8) is 0 Å². The van der Waals surface area contributed by atoms with Crippen molar-refractivity contribution in [2.24, 2.45) is 0 Å². The fourth-order valence-electron chi connectivity index (χ4n) is 2.65. The fraction of sp³-hybridized carbons (Fsp3) is 0.158. The van der Waals surface area contributed by atoms with Crippen molar-refractivity contribution < 1.29 is 0 Å². The van der Waals surface area contributed by atoms with E-state index in [0.29, 0.717) is 4.83 Å². The maximum atomic E-state index is 3.84. The molecule has 0 aliphatic heterocycles. The summed E-state index contributed by atoms with van der Waals surface area (Å²) in [6, 6.07) is 23.9. The zero-order chi connectivity index (χ0) is 13.9. The molecule has 0 amide bonds. The van der Waals surface area contributed by atoms with Crippen LogP contribution in [0.1, 0.15) is 21.5 Å². The smallest absolute Gasteiger partial charge is 0.0435 e. The SMILES string of the molecule is Cc1cccc(C(Br)Cc2cccc3ccccc23)c1. The van der Waals surface area contributed by atoms with Gasteiger partial charge < -0.3 is 0 Å². The van der Waals surface area contributed by atoms with Crippen molar-refractivity contribution in [1.82, 2.24) is 0 Å². The van der Waals surface area contributed by atoms with Crippen LogP contribution in [-0.2, 0) is 6.42 Å². The van der Waals surface area contributed by atoms with Crippen LogP contribution in [0.2, 0.25) is 0 Å². The molecule has 100 valence electrons. The molecule has 0 nitrogen and oxygen atoms in total. The lowest BCUT2D eigenvalue weighted by atomic mass is 9.98. The first-order valence-corrected chi connectivity index (χ1v) is 7.83. The van der Waals surface area contributed by atoms with E-state index in [1.165, 1.54) is 27.5 Å². The van der Waals surface area contributed by atoms with E-state index in [9.17, 15) is 0 Å². The third-order valence-electron chi connectivity index (χ3n) is 3.68. The zero-order valence-electron chi connectivity index (χ0n) is 11.5. The molecule has 1 atom stereocenters. The van der Waals surface area contributed by atoms with Crippen LogP contribution < -0.4 is 0 Å². The van der Waals surface area contributed by atoms with Crippen LogP contribution in [0.4, 0.5) is 0 Å². The average Bonchev–Trinajstić information content (AvgIpc) is 2.47. The molecule has 0 aromatic heterocycles. The van der Waals surface area contributed by atoms with Crippen molar-refractivity contribution in [2.45, 2.75) is 18.2 Å². The Morgan fingerprint density at radius 1 is 0.900 bits per heavy atom. The normalized spacial score (nSPS) is 12.5. The van der Waals surface area contributed by atoms with E-state index in [-0.39, 0.29) is 0 Å². The first kappa shape index (κ1) is 13.4. The summed E-state index contributed by atoms with van der Waals surface area (Å²) >= 11 is 3.84. The average molecular weight is 325 g/mol. The third-order valence-corrected chi connectivity index (χ3v) is 4.54. The molecular weight excluding hydrogens is 308 g/mol. The van der Waals surface area contributed by atoms with Crippen LogP contribution in [0.25, 0.3) is 10.8 Å². The van der Waals surface area contributed by atoms with Crippen molar-refractivity contribution in [2.75, 3.05) is 0 Å². The molecule has 0 spiro atoms. The van der Waals surface area contributed by atoms with Gasteiger partial charge in [0.25, 0.3) is 0 Å². The highest BCUT2D eigenvalue weighted by Gasteiger charge is 2.10. The van der Waals surface area contributed by atoms with Gasteiger partial charge in [-0.05, 0) is 35.2 Å². The van der Waals surface area contributed by atoms with Crippen molar-refractivity contribution in [1.29, 1.82) is 0 Å². The molecule has 3 aromatic rings. The largest absolute Gasteiger partial charge is 0.0835 e. The van der Waals surface area contributed by atoms with Gasteiger partial charge in [0, 0.05) is 4.83 Å². The second kappa shape index (κ2) is 5.80. The summed E-state index contributed by atoms with van der Waals surface area (Å²) in [7, 11) is 0. The minimum absolute atomic E-state index is 0.355. The molecule has 0 saturated carbocycles. The van der Waals surface area contributed by atoms with Gasteiger partial charge in [0.2, 0.25) is 0 Å². The Bertz CT molecular complexity index is 725. The van der Waals surface area contributed by atoms with Gasteiger partial charge in [0.15, 0.2) is 0 Å². The summed E-state index contributed by atoms with van der Waals surface area (Å²) in [6.45, 7) is 2.14. The lowest BCUT2D eigenvalue weighted by molar-refractivity contribution is 0.955. The lowest BCUT2D eigenvalue weighted by Crippen LogP contribution is -1.96. The summed E-state index contributed by atoms with van der Waals surface area (Å²) < 4.78 is 0.